The maximum absolute atomic E-state index is 13.0. The molecule has 0 N–H and O–H groups in total. The number of aryl methyl sites for hydroxylation is 1. The Morgan fingerprint density at radius 1 is 1.38 bits per heavy atom. The van der Waals surface area contributed by atoms with Gasteiger partial charge in [0, 0.05) is 13.2 Å². The Kier molecular flexibility index (Phi) is 2.28. The molecule has 1 heterocycles. The second-order valence-electron chi connectivity index (χ2n) is 4.24. The van der Waals surface area contributed by atoms with E-state index in [0.717, 1.165) is 5.56 Å². The van der Waals surface area contributed by atoms with Crippen molar-refractivity contribution in [3.05, 3.63) is 34.0 Å². The number of hydrogen-bond acceptors (Lipinski definition) is 1. The Bertz CT molecular complexity index is 347. The van der Waals surface area contributed by atoms with Gasteiger partial charge in [-0.3, -0.25) is 4.79 Å². The summed E-state index contributed by atoms with van der Waals surface area (Å²) in [6.07, 6.45) is 1.67. The molecule has 0 unspecified atom stereocenters. The average Bonchev–Trinajstić information content (AvgIpc) is 1.97. The van der Waals surface area contributed by atoms with E-state index in [-0.39, 0.29) is 5.41 Å². The van der Waals surface area contributed by atoms with E-state index >= 15 is 0 Å². The van der Waals surface area contributed by atoms with Crippen LogP contribution in [0.15, 0.2) is 17.1 Å². The van der Waals surface area contributed by atoms with Crippen molar-refractivity contribution in [2.24, 2.45) is 7.05 Å². The number of pyridine rings is 1. The summed E-state index contributed by atoms with van der Waals surface area (Å²) in [5.74, 6) is -0.685. The van der Waals surface area contributed by atoms with Crippen molar-refractivity contribution in [3.63, 3.8) is 0 Å². The number of halogens is 1. The van der Waals surface area contributed by atoms with E-state index in [9.17, 15) is 9.18 Å². The van der Waals surface area contributed by atoms with Crippen LogP contribution in [0.3, 0.4) is 0 Å². The van der Waals surface area contributed by atoms with Crippen LogP contribution in [0, 0.1) is 5.82 Å². The number of rotatable bonds is 0. The maximum atomic E-state index is 13.0. The molecular weight excluding hydrogens is 169 g/mol. The molecule has 0 radical (unpaired) electrons. The molecule has 1 rings (SSSR count). The summed E-state index contributed by atoms with van der Waals surface area (Å²) in [5, 5.41) is 0. The van der Waals surface area contributed by atoms with Crippen molar-refractivity contribution in [2.45, 2.75) is 26.2 Å². The van der Waals surface area contributed by atoms with E-state index in [2.05, 4.69) is 0 Å². The van der Waals surface area contributed by atoms with E-state index < -0.39 is 11.4 Å². The van der Waals surface area contributed by atoms with Gasteiger partial charge in [0.05, 0.1) is 0 Å². The fourth-order valence-electron chi connectivity index (χ4n) is 1.08. The van der Waals surface area contributed by atoms with Gasteiger partial charge < -0.3 is 4.57 Å². The highest BCUT2D eigenvalue weighted by Gasteiger charge is 2.16. The van der Waals surface area contributed by atoms with Crippen LogP contribution >= 0.6 is 0 Å². The van der Waals surface area contributed by atoms with Crippen molar-refractivity contribution in [1.82, 2.24) is 4.57 Å². The van der Waals surface area contributed by atoms with Crippen LogP contribution in [0.5, 0.6) is 0 Å². The highest BCUT2D eigenvalue weighted by molar-refractivity contribution is 5.19. The summed E-state index contributed by atoms with van der Waals surface area (Å²) in [6.45, 7) is 5.94. The van der Waals surface area contributed by atoms with Crippen LogP contribution in [0.4, 0.5) is 4.39 Å². The molecule has 0 bridgehead atoms. The van der Waals surface area contributed by atoms with E-state index in [4.69, 9.17) is 0 Å². The summed E-state index contributed by atoms with van der Waals surface area (Å²) in [7, 11) is 1.56. The van der Waals surface area contributed by atoms with Gasteiger partial charge in [0.2, 0.25) is 0 Å². The van der Waals surface area contributed by atoms with Gasteiger partial charge >= 0.3 is 0 Å². The zero-order chi connectivity index (χ0) is 10.2. The normalized spacial score (nSPS) is 11.8. The van der Waals surface area contributed by atoms with Crippen molar-refractivity contribution in [2.75, 3.05) is 0 Å². The number of hydrogen-bond donors (Lipinski definition) is 0. The first-order chi connectivity index (χ1) is 5.82. The van der Waals surface area contributed by atoms with Gasteiger partial charge in [-0.1, -0.05) is 20.8 Å². The predicted molar refractivity (Wildman–Crippen MR) is 50.3 cm³/mol. The fourth-order valence-corrected chi connectivity index (χ4v) is 1.08. The SMILES string of the molecule is Cn1cc(C(C)(C)C)cc(F)c1=O. The van der Waals surface area contributed by atoms with Crippen LogP contribution in [-0.2, 0) is 12.5 Å². The molecular formula is C10H14FNO. The third kappa shape index (κ3) is 1.97. The third-order valence-corrected chi connectivity index (χ3v) is 2.01. The lowest BCUT2D eigenvalue weighted by atomic mass is 9.88. The summed E-state index contributed by atoms with van der Waals surface area (Å²) >= 11 is 0. The monoisotopic (exact) mass is 183 g/mol. The predicted octanol–water partition coefficient (Wildman–Crippen LogP) is 1.82. The van der Waals surface area contributed by atoms with Gasteiger partial charge in [0.1, 0.15) is 0 Å². The summed E-state index contributed by atoms with van der Waals surface area (Å²) in [4.78, 5) is 11.0. The van der Waals surface area contributed by atoms with E-state index in [1.54, 1.807) is 13.2 Å². The van der Waals surface area contributed by atoms with Crippen LogP contribution < -0.4 is 5.56 Å². The van der Waals surface area contributed by atoms with E-state index in [0.29, 0.717) is 0 Å². The molecule has 0 fully saturated rings. The topological polar surface area (TPSA) is 22.0 Å². The largest absolute Gasteiger partial charge is 0.316 e. The lowest BCUT2D eigenvalue weighted by Gasteiger charge is -2.19. The lowest BCUT2D eigenvalue weighted by Crippen LogP contribution is -2.23. The molecule has 0 saturated heterocycles. The highest BCUT2D eigenvalue weighted by Crippen LogP contribution is 2.20. The maximum Gasteiger partial charge on any atom is 0.286 e. The lowest BCUT2D eigenvalue weighted by molar-refractivity contribution is 0.545. The molecule has 0 aliphatic heterocycles. The molecule has 0 spiro atoms. The molecule has 0 saturated carbocycles. The van der Waals surface area contributed by atoms with Gasteiger partial charge in [0.15, 0.2) is 5.82 Å². The van der Waals surface area contributed by atoms with Crippen molar-refractivity contribution in [1.29, 1.82) is 0 Å². The van der Waals surface area contributed by atoms with Gasteiger partial charge in [-0.25, -0.2) is 4.39 Å². The summed E-state index contributed by atoms with van der Waals surface area (Å²) in [5.41, 5.74) is 0.117. The molecule has 0 aliphatic rings. The highest BCUT2D eigenvalue weighted by atomic mass is 19.1. The third-order valence-electron chi connectivity index (χ3n) is 2.01. The minimum absolute atomic E-state index is 0.133. The molecule has 1 aromatic heterocycles. The van der Waals surface area contributed by atoms with Crippen LogP contribution in [0.2, 0.25) is 0 Å². The van der Waals surface area contributed by atoms with E-state index in [1.165, 1.54) is 10.6 Å². The standard InChI is InChI=1S/C10H14FNO/c1-10(2,3)7-5-8(11)9(13)12(4)6-7/h5-6H,1-4H3. The Hall–Kier alpha value is -1.12. The molecule has 13 heavy (non-hydrogen) atoms. The smallest absolute Gasteiger partial charge is 0.286 e. The van der Waals surface area contributed by atoms with E-state index in [1.807, 2.05) is 20.8 Å². The molecule has 3 heteroatoms. The zero-order valence-corrected chi connectivity index (χ0v) is 8.39. The second kappa shape index (κ2) is 2.98. The summed E-state index contributed by atoms with van der Waals surface area (Å²) < 4.78 is 14.3. The van der Waals surface area contributed by atoms with Crippen molar-refractivity contribution >= 4 is 0 Å². The molecule has 0 aliphatic carbocycles. The van der Waals surface area contributed by atoms with Crippen LogP contribution in [-0.4, -0.2) is 4.57 Å². The molecule has 72 valence electrons. The molecule has 0 aromatic carbocycles. The zero-order valence-electron chi connectivity index (χ0n) is 8.39. The molecule has 0 amide bonds. The average molecular weight is 183 g/mol. The van der Waals surface area contributed by atoms with Crippen molar-refractivity contribution < 1.29 is 4.39 Å². The Balaban J connectivity index is 3.38. The van der Waals surface area contributed by atoms with Gasteiger partial charge in [-0.2, -0.15) is 0 Å². The molecule has 0 atom stereocenters. The Morgan fingerprint density at radius 3 is 2.31 bits per heavy atom. The first kappa shape index (κ1) is 9.96. The number of aromatic nitrogens is 1. The Morgan fingerprint density at radius 2 is 1.92 bits per heavy atom. The van der Waals surface area contributed by atoms with Crippen LogP contribution in [0.1, 0.15) is 26.3 Å². The summed E-state index contributed by atoms with van der Waals surface area (Å²) in [6, 6.07) is 1.31. The fraction of sp³-hybridized carbons (Fsp3) is 0.500. The quantitative estimate of drug-likeness (QED) is 0.601. The number of nitrogens with zero attached hydrogens (tertiary/aromatic N) is 1. The minimum atomic E-state index is -0.685. The second-order valence-corrected chi connectivity index (χ2v) is 4.24. The minimum Gasteiger partial charge on any atom is -0.316 e. The van der Waals surface area contributed by atoms with Gasteiger partial charge in [-0.15, -0.1) is 0 Å². The molecule has 1 aromatic rings. The van der Waals surface area contributed by atoms with Crippen molar-refractivity contribution in [3.8, 4) is 0 Å². The first-order valence-corrected chi connectivity index (χ1v) is 4.19. The first-order valence-electron chi connectivity index (χ1n) is 4.19. The Labute approximate surface area is 77.0 Å². The van der Waals surface area contributed by atoms with Gasteiger partial charge in [0.25, 0.3) is 5.56 Å². The van der Waals surface area contributed by atoms with Crippen LogP contribution in [0.25, 0.3) is 0 Å². The van der Waals surface area contributed by atoms with Gasteiger partial charge in [-0.05, 0) is 17.0 Å². The molecule has 2 nitrogen and oxygen atoms in total.